The number of hydrogen-bond acceptors (Lipinski definition) is 10. The highest BCUT2D eigenvalue weighted by Crippen LogP contribution is 2.43. The van der Waals surface area contributed by atoms with E-state index in [4.69, 9.17) is 14.2 Å². The fraction of sp³-hybridized carbons (Fsp3) is 0.480. The lowest BCUT2D eigenvalue weighted by Crippen LogP contribution is -2.62. The zero-order chi connectivity index (χ0) is 25.9. The van der Waals surface area contributed by atoms with Crippen molar-refractivity contribution in [1.82, 2.24) is 4.57 Å². The molecule has 0 bridgehead atoms. The van der Waals surface area contributed by atoms with Gasteiger partial charge in [0, 0.05) is 30.5 Å². The summed E-state index contributed by atoms with van der Waals surface area (Å²) in [6, 6.07) is 8.43. The Morgan fingerprint density at radius 2 is 1.86 bits per heavy atom. The molecule has 0 radical (unpaired) electrons. The molecule has 0 spiro atoms. The summed E-state index contributed by atoms with van der Waals surface area (Å²) >= 11 is 0. The van der Waals surface area contributed by atoms with Crippen molar-refractivity contribution in [1.29, 1.82) is 0 Å². The Hall–Kier alpha value is -2.77. The molecule has 194 valence electrons. The second kappa shape index (κ2) is 8.96. The van der Waals surface area contributed by atoms with Gasteiger partial charge in [-0.25, -0.2) is 0 Å². The van der Waals surface area contributed by atoms with Crippen LogP contribution in [0.2, 0.25) is 0 Å². The molecule has 1 fully saturated rings. The molecular weight excluding hydrogens is 474 g/mol. The molecule has 1 aromatic heterocycles. The van der Waals surface area contributed by atoms with Crippen LogP contribution in [-0.4, -0.2) is 90.8 Å². The minimum Gasteiger partial charge on any atom is -0.507 e. The molecule has 1 saturated heterocycles. The average molecular weight is 504 g/mol. The van der Waals surface area contributed by atoms with Crippen LogP contribution in [0.15, 0.2) is 35.1 Å². The minimum atomic E-state index is -1.66. The summed E-state index contributed by atoms with van der Waals surface area (Å²) in [5.41, 5.74) is 0.00268. The number of aromatic hydroxyl groups is 1. The van der Waals surface area contributed by atoms with E-state index in [1.165, 1.54) is 13.0 Å². The number of benzene rings is 2. The molecule has 3 aromatic rings. The average Bonchev–Trinajstić information content (AvgIpc) is 3.31. The van der Waals surface area contributed by atoms with Crippen LogP contribution >= 0.6 is 0 Å². The Labute approximate surface area is 205 Å². The van der Waals surface area contributed by atoms with Crippen LogP contribution in [0, 0.1) is 0 Å². The lowest BCUT2D eigenvalue weighted by Gasteiger charge is -2.44. The third-order valence-corrected chi connectivity index (χ3v) is 7.30. The molecule has 4 unspecified atom stereocenters. The van der Waals surface area contributed by atoms with Gasteiger partial charge in [-0.3, -0.25) is 4.79 Å². The molecule has 2 aliphatic heterocycles. The predicted molar refractivity (Wildman–Crippen MR) is 127 cm³/mol. The maximum Gasteiger partial charge on any atom is 0.200 e. The first kappa shape index (κ1) is 24.9. The molecule has 0 amide bonds. The van der Waals surface area contributed by atoms with E-state index in [9.17, 15) is 35.4 Å². The van der Waals surface area contributed by atoms with Crippen molar-refractivity contribution in [3.8, 4) is 11.5 Å². The Bertz CT molecular complexity index is 1370. The Morgan fingerprint density at radius 1 is 1.14 bits per heavy atom. The van der Waals surface area contributed by atoms with Crippen molar-refractivity contribution in [2.24, 2.45) is 7.05 Å². The first-order chi connectivity index (χ1) is 17.1. The minimum absolute atomic E-state index is 0.153. The lowest BCUT2D eigenvalue weighted by atomic mass is 9.93. The summed E-state index contributed by atoms with van der Waals surface area (Å²) in [6.45, 7) is 0.327. The molecule has 5 rings (SSSR count). The van der Waals surface area contributed by atoms with Gasteiger partial charge in [0.15, 0.2) is 6.29 Å². The van der Waals surface area contributed by atoms with E-state index in [0.29, 0.717) is 27.7 Å². The highest BCUT2D eigenvalue weighted by molar-refractivity contribution is 5.99. The van der Waals surface area contributed by atoms with Crippen molar-refractivity contribution in [2.45, 2.75) is 55.8 Å². The SMILES string of the molecule is Cn1c2ccccc2c(=O)c2c(O)cc3c(c21)CC(C(C)(CO)O[C@H]1OC(CO)[C@@H](O)C(O)[C@@H]1O)O3. The lowest BCUT2D eigenvalue weighted by molar-refractivity contribution is -0.335. The van der Waals surface area contributed by atoms with Gasteiger partial charge in [0.05, 0.1) is 29.6 Å². The number of fused-ring (bicyclic) bond motifs is 4. The highest BCUT2D eigenvalue weighted by Gasteiger charge is 2.50. The molecule has 2 aliphatic rings. The second-order valence-electron chi connectivity index (χ2n) is 9.60. The van der Waals surface area contributed by atoms with Gasteiger partial charge in [-0.1, -0.05) is 12.1 Å². The van der Waals surface area contributed by atoms with E-state index in [1.54, 1.807) is 25.2 Å². The maximum atomic E-state index is 13.2. The summed E-state index contributed by atoms with van der Waals surface area (Å²) in [4.78, 5) is 13.2. The standard InChI is InChI=1S/C25H29NO10/c1-25(10-28,36-24-23(33)22(32)21(31)16(9-27)35-24)17-7-12-15(34-17)8-14(29)18-19(12)26(2)13-6-4-3-5-11(13)20(18)30/h3-6,8,16-17,21-24,27-29,31-33H,7,9-10H2,1-2H3/t16?,17?,21-,22?,23+,24-,25?/m1/s1. The Morgan fingerprint density at radius 3 is 2.56 bits per heavy atom. The number of hydrogen-bond donors (Lipinski definition) is 6. The van der Waals surface area contributed by atoms with E-state index in [1.807, 2.05) is 10.6 Å². The van der Waals surface area contributed by atoms with Crippen molar-refractivity contribution in [3.05, 3.63) is 46.1 Å². The third kappa shape index (κ3) is 3.67. The Kier molecular flexibility index (Phi) is 6.20. The number of para-hydroxylation sites is 1. The second-order valence-corrected chi connectivity index (χ2v) is 9.60. The number of phenolic OH excluding ortho intramolecular Hbond substituents is 1. The van der Waals surface area contributed by atoms with Gasteiger partial charge in [0.25, 0.3) is 0 Å². The molecule has 2 aromatic carbocycles. The van der Waals surface area contributed by atoms with Gasteiger partial charge in [0.1, 0.15) is 47.6 Å². The van der Waals surface area contributed by atoms with Crippen LogP contribution in [0.5, 0.6) is 11.5 Å². The van der Waals surface area contributed by atoms with Crippen molar-refractivity contribution < 1.29 is 44.8 Å². The molecule has 36 heavy (non-hydrogen) atoms. The van der Waals surface area contributed by atoms with E-state index in [-0.39, 0.29) is 23.0 Å². The number of aromatic nitrogens is 1. The summed E-state index contributed by atoms with van der Waals surface area (Å²) < 4.78 is 19.3. The van der Waals surface area contributed by atoms with E-state index in [0.717, 1.165) is 0 Å². The summed E-state index contributed by atoms with van der Waals surface area (Å²) in [7, 11) is 1.78. The maximum absolute atomic E-state index is 13.2. The summed E-state index contributed by atoms with van der Waals surface area (Å²) in [5, 5.41) is 61.7. The van der Waals surface area contributed by atoms with Crippen LogP contribution in [0.3, 0.4) is 0 Å². The number of phenols is 1. The molecule has 3 heterocycles. The van der Waals surface area contributed by atoms with Crippen LogP contribution in [0.1, 0.15) is 12.5 Å². The highest BCUT2D eigenvalue weighted by atomic mass is 16.7. The van der Waals surface area contributed by atoms with Crippen LogP contribution in [-0.2, 0) is 22.9 Å². The number of rotatable bonds is 5. The van der Waals surface area contributed by atoms with Gasteiger partial charge < -0.3 is 49.4 Å². The molecule has 0 aliphatic carbocycles. The molecule has 7 atom stereocenters. The van der Waals surface area contributed by atoms with Crippen molar-refractivity contribution >= 4 is 21.8 Å². The first-order valence-electron chi connectivity index (χ1n) is 11.6. The molecule has 11 nitrogen and oxygen atoms in total. The zero-order valence-corrected chi connectivity index (χ0v) is 19.7. The van der Waals surface area contributed by atoms with Crippen LogP contribution in [0.25, 0.3) is 21.8 Å². The monoisotopic (exact) mass is 503 g/mol. The van der Waals surface area contributed by atoms with Crippen molar-refractivity contribution in [2.75, 3.05) is 13.2 Å². The van der Waals surface area contributed by atoms with E-state index < -0.39 is 55.6 Å². The quantitative estimate of drug-likeness (QED) is 0.244. The number of aryl methyl sites for hydroxylation is 1. The summed E-state index contributed by atoms with van der Waals surface area (Å²) in [6.07, 6.45) is -8.17. The van der Waals surface area contributed by atoms with Gasteiger partial charge >= 0.3 is 0 Å². The molecule has 6 N–H and O–H groups in total. The number of nitrogens with zero attached hydrogens (tertiary/aromatic N) is 1. The summed E-state index contributed by atoms with van der Waals surface area (Å²) in [5.74, 6) is 0.0728. The first-order valence-corrected chi connectivity index (χ1v) is 11.6. The van der Waals surface area contributed by atoms with Gasteiger partial charge in [-0.05, 0) is 19.1 Å². The van der Waals surface area contributed by atoms with E-state index in [2.05, 4.69) is 0 Å². The number of pyridine rings is 1. The fourth-order valence-corrected chi connectivity index (χ4v) is 5.15. The van der Waals surface area contributed by atoms with Gasteiger partial charge in [-0.2, -0.15) is 0 Å². The number of aliphatic hydroxyl groups is 5. The third-order valence-electron chi connectivity index (χ3n) is 7.30. The molecule has 0 saturated carbocycles. The van der Waals surface area contributed by atoms with Gasteiger partial charge in [0.2, 0.25) is 5.43 Å². The van der Waals surface area contributed by atoms with E-state index >= 15 is 0 Å². The van der Waals surface area contributed by atoms with Crippen LogP contribution < -0.4 is 10.2 Å². The van der Waals surface area contributed by atoms with Crippen LogP contribution in [0.4, 0.5) is 0 Å². The number of ether oxygens (including phenoxy) is 3. The topological polar surface area (TPSA) is 171 Å². The smallest absolute Gasteiger partial charge is 0.200 e. The molecule has 11 heteroatoms. The zero-order valence-electron chi connectivity index (χ0n) is 19.7. The predicted octanol–water partition coefficient (Wildman–Crippen LogP) is -0.732. The molecular formula is C25H29NO10. The largest absolute Gasteiger partial charge is 0.507 e. The van der Waals surface area contributed by atoms with Gasteiger partial charge in [-0.15, -0.1) is 0 Å². The Balaban J connectivity index is 1.53. The van der Waals surface area contributed by atoms with Crippen molar-refractivity contribution in [3.63, 3.8) is 0 Å². The number of aliphatic hydroxyl groups excluding tert-OH is 5. The normalized spacial score (nSPS) is 29.8. The fourth-order valence-electron chi connectivity index (χ4n) is 5.15.